The zero-order chi connectivity index (χ0) is 34.5. The number of sulfonamides is 1. The van der Waals surface area contributed by atoms with Crippen molar-refractivity contribution in [3.05, 3.63) is 71.8 Å². The van der Waals surface area contributed by atoms with Gasteiger partial charge in [0, 0.05) is 25.4 Å². The fourth-order valence-electron chi connectivity index (χ4n) is 4.61. The number of carbonyl (C=O) groups excluding carboxylic acids is 1. The first kappa shape index (κ1) is 35.2. The number of azo groups is 2. The lowest BCUT2D eigenvalue weighted by Crippen LogP contribution is -2.35. The van der Waals surface area contributed by atoms with Crippen LogP contribution in [0.25, 0.3) is 10.8 Å². The summed E-state index contributed by atoms with van der Waals surface area (Å²) in [5.74, 6) is -1.04. The minimum Gasteiger partial charge on any atom is -0.505 e. The maximum absolute atomic E-state index is 12.8. The second-order valence-corrected chi connectivity index (χ2v) is 13.6. The van der Waals surface area contributed by atoms with Crippen molar-refractivity contribution in [3.8, 4) is 5.75 Å². The van der Waals surface area contributed by atoms with E-state index in [1.54, 1.807) is 32.0 Å². The Morgan fingerprint density at radius 3 is 1.94 bits per heavy atom. The van der Waals surface area contributed by atoms with E-state index in [9.17, 15) is 41.5 Å². The number of carbonyl (C=O) groups is 1. The van der Waals surface area contributed by atoms with E-state index in [2.05, 4.69) is 25.8 Å². The second kappa shape index (κ2) is 14.4. The standard InChI is InChI=1S/C30H32N6O9S2/c1-18-16-26(34-35-29-27(47(43,44)45)17-21-5-4-6-24(31-20(3)39)28(21)30(29)40)19(2)15-25(18)33-32-22-7-9-23(10-8-22)46(41,42)36(11-13-37)12-14-38/h4-10,15-17,37-38,40H,11-14H2,1-3H3,(H,31,39)(H,43,44,45)/b33-32+,35-34+. The molecule has 5 N–H and O–H groups in total. The number of aryl methyl sites for hydroxylation is 2. The Kier molecular flexibility index (Phi) is 10.8. The van der Waals surface area contributed by atoms with Gasteiger partial charge in [-0.15, -0.1) is 5.11 Å². The van der Waals surface area contributed by atoms with E-state index in [4.69, 9.17) is 0 Å². The highest BCUT2D eigenvalue weighted by Crippen LogP contribution is 2.44. The molecule has 1 amide bonds. The fraction of sp³-hybridized carbons (Fsp3) is 0.233. The highest BCUT2D eigenvalue weighted by atomic mass is 32.2. The number of aliphatic hydroxyl groups is 2. The van der Waals surface area contributed by atoms with Crippen LogP contribution in [0, 0.1) is 13.8 Å². The Morgan fingerprint density at radius 1 is 0.830 bits per heavy atom. The van der Waals surface area contributed by atoms with E-state index in [1.165, 1.54) is 43.3 Å². The molecule has 4 rings (SSSR count). The van der Waals surface area contributed by atoms with Crippen LogP contribution in [0.5, 0.6) is 5.75 Å². The summed E-state index contributed by atoms with van der Waals surface area (Å²) in [4.78, 5) is 11.0. The van der Waals surface area contributed by atoms with Crippen LogP contribution in [0.1, 0.15) is 18.1 Å². The Hall–Kier alpha value is -4.65. The van der Waals surface area contributed by atoms with Gasteiger partial charge in [0.15, 0.2) is 5.75 Å². The number of aliphatic hydroxyl groups excluding tert-OH is 2. The number of hydrogen-bond donors (Lipinski definition) is 5. The van der Waals surface area contributed by atoms with Crippen LogP contribution in [0.4, 0.5) is 28.4 Å². The number of rotatable bonds is 12. The Bertz CT molecular complexity index is 2090. The number of aromatic hydroxyl groups is 1. The largest absolute Gasteiger partial charge is 0.505 e. The van der Waals surface area contributed by atoms with E-state index >= 15 is 0 Å². The summed E-state index contributed by atoms with van der Waals surface area (Å²) in [5.41, 5.74) is 1.92. The molecular formula is C30H32N6O9S2. The summed E-state index contributed by atoms with van der Waals surface area (Å²) in [5, 5.41) is 48.9. The van der Waals surface area contributed by atoms with Crippen molar-refractivity contribution in [2.45, 2.75) is 30.6 Å². The third-order valence-electron chi connectivity index (χ3n) is 6.89. The van der Waals surface area contributed by atoms with E-state index in [-0.39, 0.29) is 34.4 Å². The molecule has 47 heavy (non-hydrogen) atoms. The first-order valence-electron chi connectivity index (χ1n) is 14.0. The molecule has 15 nitrogen and oxygen atoms in total. The van der Waals surface area contributed by atoms with Crippen LogP contribution >= 0.6 is 0 Å². The maximum Gasteiger partial charge on any atom is 0.296 e. The SMILES string of the molecule is CC(=O)Nc1cccc2cc(S(=O)(=O)O)c(/N=N/c3cc(C)c(/N=N/c4ccc(S(=O)(=O)N(CCO)CCO)cc4)cc3C)c(O)c12. The van der Waals surface area contributed by atoms with Gasteiger partial charge in [0.1, 0.15) is 10.6 Å². The van der Waals surface area contributed by atoms with Crippen molar-refractivity contribution >= 4 is 65.3 Å². The quantitative estimate of drug-likeness (QED) is 0.0977. The molecule has 0 heterocycles. The fourth-order valence-corrected chi connectivity index (χ4v) is 6.69. The van der Waals surface area contributed by atoms with Crippen LogP contribution in [0.2, 0.25) is 0 Å². The summed E-state index contributed by atoms with van der Waals surface area (Å²) in [7, 11) is -8.79. The molecule has 0 saturated heterocycles. The van der Waals surface area contributed by atoms with E-state index in [1.807, 2.05) is 0 Å². The smallest absolute Gasteiger partial charge is 0.296 e. The van der Waals surface area contributed by atoms with Crippen molar-refractivity contribution in [3.63, 3.8) is 0 Å². The minimum absolute atomic E-state index is 0.0407. The normalized spacial score (nSPS) is 12.5. The lowest BCUT2D eigenvalue weighted by molar-refractivity contribution is -0.114. The van der Waals surface area contributed by atoms with Crippen molar-refractivity contribution in [2.24, 2.45) is 20.5 Å². The second-order valence-electron chi connectivity index (χ2n) is 10.3. The molecule has 0 atom stereocenters. The molecule has 0 spiro atoms. The van der Waals surface area contributed by atoms with Crippen LogP contribution in [0.15, 0.2) is 90.9 Å². The number of nitrogens with one attached hydrogen (secondary N) is 1. The Labute approximate surface area is 270 Å². The predicted molar refractivity (Wildman–Crippen MR) is 173 cm³/mol. The molecule has 0 bridgehead atoms. The third-order valence-corrected chi connectivity index (χ3v) is 9.67. The molecule has 0 unspecified atom stereocenters. The number of nitrogens with zero attached hydrogens (tertiary/aromatic N) is 5. The molecule has 0 saturated carbocycles. The topological polar surface area (TPSA) is 231 Å². The molecule has 0 aliphatic rings. The molecule has 4 aromatic carbocycles. The summed E-state index contributed by atoms with van der Waals surface area (Å²) < 4.78 is 61.0. The molecule has 0 fully saturated rings. The lowest BCUT2D eigenvalue weighted by atomic mass is 10.1. The number of hydrogen-bond acceptors (Lipinski definition) is 12. The molecular weight excluding hydrogens is 652 g/mol. The third kappa shape index (κ3) is 8.02. The summed E-state index contributed by atoms with van der Waals surface area (Å²) in [6.07, 6.45) is 0. The Morgan fingerprint density at radius 2 is 1.40 bits per heavy atom. The number of fused-ring (bicyclic) bond motifs is 1. The Balaban J connectivity index is 1.65. The van der Waals surface area contributed by atoms with Crippen molar-refractivity contribution in [2.75, 3.05) is 31.6 Å². The van der Waals surface area contributed by atoms with Gasteiger partial charge in [-0.05, 0) is 78.9 Å². The summed E-state index contributed by atoms with van der Waals surface area (Å²) >= 11 is 0. The van der Waals surface area contributed by atoms with Crippen molar-refractivity contribution in [1.29, 1.82) is 0 Å². The number of phenolic OH excluding ortho intramolecular Hbond substituents is 1. The lowest BCUT2D eigenvalue weighted by Gasteiger charge is -2.20. The molecule has 248 valence electrons. The van der Waals surface area contributed by atoms with E-state index in [0.29, 0.717) is 28.2 Å². The molecule has 0 aromatic heterocycles. The van der Waals surface area contributed by atoms with Crippen molar-refractivity contribution < 1.29 is 41.5 Å². The molecule has 17 heteroatoms. The van der Waals surface area contributed by atoms with E-state index < -0.39 is 55.6 Å². The van der Waals surface area contributed by atoms with Gasteiger partial charge >= 0.3 is 0 Å². The van der Waals surface area contributed by atoms with E-state index in [0.717, 1.165) is 10.4 Å². The monoisotopic (exact) mass is 684 g/mol. The van der Waals surface area contributed by atoms with Gasteiger partial charge in [-0.25, -0.2) is 8.42 Å². The predicted octanol–water partition coefficient (Wildman–Crippen LogP) is 5.17. The molecule has 4 aromatic rings. The van der Waals surface area contributed by atoms with Gasteiger partial charge in [0.05, 0.1) is 40.9 Å². The average Bonchev–Trinajstić information content (AvgIpc) is 3.00. The van der Waals surface area contributed by atoms with Gasteiger partial charge < -0.3 is 20.6 Å². The van der Waals surface area contributed by atoms with Gasteiger partial charge in [-0.1, -0.05) is 12.1 Å². The number of amides is 1. The zero-order valence-corrected chi connectivity index (χ0v) is 27.1. The summed E-state index contributed by atoms with van der Waals surface area (Å²) in [6.45, 7) is 3.56. The zero-order valence-electron chi connectivity index (χ0n) is 25.5. The first-order valence-corrected chi connectivity index (χ1v) is 16.9. The highest BCUT2D eigenvalue weighted by Gasteiger charge is 2.25. The summed E-state index contributed by atoms with van der Waals surface area (Å²) in [6, 6.07) is 14.5. The molecule has 0 radical (unpaired) electrons. The maximum atomic E-state index is 12.8. The van der Waals surface area contributed by atoms with Crippen LogP contribution in [-0.4, -0.2) is 73.2 Å². The molecule has 0 aliphatic heterocycles. The number of benzene rings is 4. The average molecular weight is 685 g/mol. The van der Waals surface area contributed by atoms with Gasteiger partial charge in [0.25, 0.3) is 10.1 Å². The van der Waals surface area contributed by atoms with Crippen LogP contribution in [0.3, 0.4) is 0 Å². The van der Waals surface area contributed by atoms with Crippen LogP contribution < -0.4 is 5.32 Å². The first-order chi connectivity index (χ1) is 22.2. The van der Waals surface area contributed by atoms with Gasteiger partial charge in [-0.2, -0.15) is 28.1 Å². The van der Waals surface area contributed by atoms with Gasteiger partial charge in [0.2, 0.25) is 15.9 Å². The number of phenols is 1. The molecule has 0 aliphatic carbocycles. The van der Waals surface area contributed by atoms with Crippen molar-refractivity contribution in [1.82, 2.24) is 4.31 Å². The number of anilines is 1. The van der Waals surface area contributed by atoms with Gasteiger partial charge in [-0.3, -0.25) is 9.35 Å². The highest BCUT2D eigenvalue weighted by molar-refractivity contribution is 7.89. The minimum atomic E-state index is -4.85. The van der Waals surface area contributed by atoms with Crippen LogP contribution in [-0.2, 0) is 24.9 Å².